The van der Waals surface area contributed by atoms with Gasteiger partial charge in [0.05, 0.1) is 0 Å². The number of hydrogen-bond donors (Lipinski definition) is 0. The highest BCUT2D eigenvalue weighted by Gasteiger charge is 2.16. The van der Waals surface area contributed by atoms with Crippen LogP contribution in [0, 0.1) is 0 Å². The maximum atomic E-state index is 6.33. The van der Waals surface area contributed by atoms with Crippen molar-refractivity contribution in [1.29, 1.82) is 0 Å². The first-order valence-electron chi connectivity index (χ1n) is 8.13. The molecule has 0 unspecified atom stereocenters. The van der Waals surface area contributed by atoms with Crippen molar-refractivity contribution >= 4 is 19.4 Å². The van der Waals surface area contributed by atoms with Crippen LogP contribution in [0.5, 0.6) is 0 Å². The fraction of sp³-hybridized carbons (Fsp3) is 0.368. The van der Waals surface area contributed by atoms with Crippen molar-refractivity contribution in [3.05, 3.63) is 60.7 Å². The Morgan fingerprint density at radius 2 is 1.24 bits per heavy atom. The summed E-state index contributed by atoms with van der Waals surface area (Å²) in [5.74, 6) is 0. The Morgan fingerprint density at radius 3 is 1.76 bits per heavy atom. The summed E-state index contributed by atoms with van der Waals surface area (Å²) in [6, 6.07) is 21.4. The molecule has 0 aliphatic rings. The average Bonchev–Trinajstić information content (AvgIpc) is 2.56. The van der Waals surface area contributed by atoms with Gasteiger partial charge in [0, 0.05) is 6.61 Å². The lowest BCUT2D eigenvalue weighted by atomic mass is 10.2. The molecule has 0 N–H and O–H groups in total. The van der Waals surface area contributed by atoms with Crippen molar-refractivity contribution < 1.29 is 4.43 Å². The predicted octanol–water partition coefficient (Wildman–Crippen LogP) is 3.51. The van der Waals surface area contributed by atoms with Crippen molar-refractivity contribution in [2.45, 2.75) is 39.0 Å². The molecule has 2 heteroatoms. The Bertz CT molecular complexity index is 444. The zero-order valence-electron chi connectivity index (χ0n) is 13.0. The van der Waals surface area contributed by atoms with Crippen LogP contribution >= 0.6 is 0 Å². The molecule has 0 fully saturated rings. The summed E-state index contributed by atoms with van der Waals surface area (Å²) in [7, 11) is -1.51. The van der Waals surface area contributed by atoms with Gasteiger partial charge in [0.15, 0.2) is 0 Å². The van der Waals surface area contributed by atoms with Crippen LogP contribution < -0.4 is 10.4 Å². The standard InChI is InChI=1S/C19H26OSi/c1-2-3-4-5-12-17-20-21(18-13-8-6-9-14-18)19-15-10-7-11-16-19/h6-11,13-16,21H,2-5,12,17H2,1H3. The van der Waals surface area contributed by atoms with Crippen LogP contribution in [0.1, 0.15) is 39.0 Å². The number of benzene rings is 2. The second-order valence-corrected chi connectivity index (χ2v) is 7.91. The molecule has 0 radical (unpaired) electrons. The lowest BCUT2D eigenvalue weighted by molar-refractivity contribution is 0.318. The molecule has 0 amide bonds. The Labute approximate surface area is 130 Å². The molecule has 0 bridgehead atoms. The zero-order valence-corrected chi connectivity index (χ0v) is 14.2. The number of hydrogen-bond acceptors (Lipinski definition) is 1. The lowest BCUT2D eigenvalue weighted by Gasteiger charge is -2.17. The van der Waals surface area contributed by atoms with Gasteiger partial charge in [0.1, 0.15) is 0 Å². The normalized spacial score (nSPS) is 11.0. The van der Waals surface area contributed by atoms with Gasteiger partial charge >= 0.3 is 0 Å². The maximum absolute atomic E-state index is 6.33. The van der Waals surface area contributed by atoms with Gasteiger partial charge in [-0.15, -0.1) is 0 Å². The van der Waals surface area contributed by atoms with Crippen molar-refractivity contribution in [1.82, 2.24) is 0 Å². The fourth-order valence-corrected chi connectivity index (χ4v) is 4.86. The van der Waals surface area contributed by atoms with Gasteiger partial charge < -0.3 is 4.43 Å². The van der Waals surface area contributed by atoms with Gasteiger partial charge in [-0.1, -0.05) is 93.3 Å². The molecule has 1 nitrogen and oxygen atoms in total. The Balaban J connectivity index is 1.94. The van der Waals surface area contributed by atoms with E-state index in [9.17, 15) is 0 Å². The second kappa shape index (κ2) is 9.53. The molecule has 0 heterocycles. The number of unbranched alkanes of at least 4 members (excludes halogenated alkanes) is 4. The van der Waals surface area contributed by atoms with Crippen LogP contribution in [0.4, 0.5) is 0 Å². The van der Waals surface area contributed by atoms with E-state index in [2.05, 4.69) is 67.6 Å². The highest BCUT2D eigenvalue weighted by Crippen LogP contribution is 2.03. The Hall–Kier alpha value is -1.38. The van der Waals surface area contributed by atoms with E-state index in [1.807, 2.05) is 0 Å². The van der Waals surface area contributed by atoms with Gasteiger partial charge in [0.25, 0.3) is 0 Å². The Morgan fingerprint density at radius 1 is 0.714 bits per heavy atom. The van der Waals surface area contributed by atoms with E-state index in [4.69, 9.17) is 4.43 Å². The molecule has 21 heavy (non-hydrogen) atoms. The quantitative estimate of drug-likeness (QED) is 0.508. The van der Waals surface area contributed by atoms with E-state index in [1.165, 1.54) is 42.5 Å². The molecular formula is C19H26OSi. The molecule has 0 spiro atoms. The highest BCUT2D eigenvalue weighted by atomic mass is 28.3. The summed E-state index contributed by atoms with van der Waals surface area (Å²) in [4.78, 5) is 0. The first-order chi connectivity index (χ1) is 10.4. The first kappa shape index (κ1) is 16.0. The fourth-order valence-electron chi connectivity index (χ4n) is 2.55. The highest BCUT2D eigenvalue weighted by molar-refractivity contribution is 6.80. The summed E-state index contributed by atoms with van der Waals surface area (Å²) in [5.41, 5.74) is 0. The molecule has 0 atom stereocenters. The minimum atomic E-state index is -1.51. The molecular weight excluding hydrogens is 272 g/mol. The van der Waals surface area contributed by atoms with E-state index in [-0.39, 0.29) is 0 Å². The molecule has 0 aromatic heterocycles. The summed E-state index contributed by atoms with van der Waals surface area (Å²) < 4.78 is 6.33. The van der Waals surface area contributed by atoms with Gasteiger partial charge in [-0.05, 0) is 16.8 Å². The van der Waals surface area contributed by atoms with Gasteiger partial charge in [-0.3, -0.25) is 0 Å². The third-order valence-corrected chi connectivity index (χ3v) is 6.29. The predicted molar refractivity (Wildman–Crippen MR) is 94.0 cm³/mol. The minimum absolute atomic E-state index is 0.893. The molecule has 2 aromatic carbocycles. The van der Waals surface area contributed by atoms with Gasteiger partial charge in [-0.25, -0.2) is 0 Å². The maximum Gasteiger partial charge on any atom is 0.239 e. The van der Waals surface area contributed by atoms with Gasteiger partial charge in [-0.2, -0.15) is 0 Å². The summed E-state index contributed by atoms with van der Waals surface area (Å²) >= 11 is 0. The van der Waals surface area contributed by atoms with Gasteiger partial charge in [0.2, 0.25) is 9.04 Å². The molecule has 0 aliphatic carbocycles. The minimum Gasteiger partial charge on any atom is -0.411 e. The SMILES string of the molecule is CCCCCCCO[SiH](c1ccccc1)c1ccccc1. The zero-order chi connectivity index (χ0) is 14.8. The average molecular weight is 299 g/mol. The van der Waals surface area contributed by atoms with Crippen LogP contribution in [0.2, 0.25) is 0 Å². The lowest BCUT2D eigenvalue weighted by Crippen LogP contribution is -2.45. The second-order valence-electron chi connectivity index (χ2n) is 5.49. The van der Waals surface area contributed by atoms with Crippen LogP contribution in [0.3, 0.4) is 0 Å². The van der Waals surface area contributed by atoms with Crippen LogP contribution in [-0.4, -0.2) is 15.6 Å². The van der Waals surface area contributed by atoms with Crippen LogP contribution in [0.25, 0.3) is 0 Å². The third kappa shape index (κ3) is 5.48. The molecule has 0 saturated heterocycles. The van der Waals surface area contributed by atoms with Crippen molar-refractivity contribution in [2.24, 2.45) is 0 Å². The molecule has 112 valence electrons. The van der Waals surface area contributed by atoms with E-state index in [0.717, 1.165) is 6.61 Å². The van der Waals surface area contributed by atoms with Crippen LogP contribution in [0.15, 0.2) is 60.7 Å². The molecule has 0 aliphatic heterocycles. The summed E-state index contributed by atoms with van der Waals surface area (Å²) in [6.45, 7) is 3.15. The van der Waals surface area contributed by atoms with E-state index in [0.29, 0.717) is 0 Å². The monoisotopic (exact) mass is 298 g/mol. The summed E-state index contributed by atoms with van der Waals surface area (Å²) in [6.07, 6.45) is 6.45. The molecule has 2 rings (SSSR count). The largest absolute Gasteiger partial charge is 0.411 e. The van der Waals surface area contributed by atoms with E-state index >= 15 is 0 Å². The third-order valence-electron chi connectivity index (χ3n) is 3.74. The van der Waals surface area contributed by atoms with E-state index in [1.54, 1.807) is 0 Å². The van der Waals surface area contributed by atoms with Crippen molar-refractivity contribution in [3.8, 4) is 0 Å². The van der Waals surface area contributed by atoms with Crippen LogP contribution in [-0.2, 0) is 4.43 Å². The molecule has 0 saturated carbocycles. The Kier molecular flexibility index (Phi) is 7.26. The van der Waals surface area contributed by atoms with E-state index < -0.39 is 9.04 Å². The van der Waals surface area contributed by atoms with Crippen molar-refractivity contribution in [2.75, 3.05) is 6.61 Å². The number of rotatable bonds is 9. The first-order valence-corrected chi connectivity index (χ1v) is 9.76. The smallest absolute Gasteiger partial charge is 0.239 e. The topological polar surface area (TPSA) is 9.23 Å². The molecule has 2 aromatic rings. The van der Waals surface area contributed by atoms with Crippen molar-refractivity contribution in [3.63, 3.8) is 0 Å². The summed E-state index contributed by atoms with van der Waals surface area (Å²) in [5, 5.41) is 2.74.